The van der Waals surface area contributed by atoms with Crippen LogP contribution < -0.4 is 10.5 Å². The van der Waals surface area contributed by atoms with E-state index in [0.717, 1.165) is 12.1 Å². The summed E-state index contributed by atoms with van der Waals surface area (Å²) in [5.74, 6) is -0.0905. The summed E-state index contributed by atoms with van der Waals surface area (Å²) < 4.78 is 10.2. The second kappa shape index (κ2) is 6.02. The molecule has 1 aromatic rings. The minimum atomic E-state index is -0.0905. The third kappa shape index (κ3) is 3.82. The summed E-state index contributed by atoms with van der Waals surface area (Å²) in [6.45, 7) is 2.91. The zero-order valence-electron chi connectivity index (χ0n) is 9.49. The number of ether oxygens (including phenoxy) is 2. The number of hydrogen-bond acceptors (Lipinski definition) is 5. The maximum absolute atomic E-state index is 7.28. The first kappa shape index (κ1) is 12.4. The summed E-state index contributed by atoms with van der Waals surface area (Å²) in [6.07, 6.45) is 0.767. The molecule has 6 nitrogen and oxygen atoms in total. The van der Waals surface area contributed by atoms with E-state index in [9.17, 15) is 0 Å². The standard InChI is InChI=1S/C10H16N4O2/c1-7-6-8(9(11)12)14-10(13-7)16-5-3-4-15-2/h6H,3-5H2,1-2H3,(H3,11,12). The van der Waals surface area contributed by atoms with Crippen LogP contribution in [-0.2, 0) is 4.74 Å². The summed E-state index contributed by atoms with van der Waals surface area (Å²) in [4.78, 5) is 8.09. The lowest BCUT2D eigenvalue weighted by molar-refractivity contribution is 0.168. The van der Waals surface area contributed by atoms with Crippen LogP contribution in [0.2, 0.25) is 0 Å². The molecule has 0 aromatic carbocycles. The molecule has 0 aliphatic heterocycles. The number of amidine groups is 1. The predicted octanol–water partition coefficient (Wildman–Crippen LogP) is 0.484. The molecule has 0 saturated carbocycles. The van der Waals surface area contributed by atoms with Crippen LogP contribution in [0.3, 0.4) is 0 Å². The molecule has 0 unspecified atom stereocenters. The van der Waals surface area contributed by atoms with Gasteiger partial charge in [-0.2, -0.15) is 4.98 Å². The molecule has 16 heavy (non-hydrogen) atoms. The van der Waals surface area contributed by atoms with Gasteiger partial charge in [0.25, 0.3) is 0 Å². The minimum absolute atomic E-state index is 0.0905. The number of hydrogen-bond donors (Lipinski definition) is 2. The molecule has 0 atom stereocenters. The molecule has 0 aliphatic carbocycles. The largest absolute Gasteiger partial charge is 0.463 e. The van der Waals surface area contributed by atoms with E-state index < -0.39 is 0 Å². The SMILES string of the molecule is COCCCOc1nc(C)cc(C(=N)N)n1. The predicted molar refractivity (Wildman–Crippen MR) is 59.8 cm³/mol. The quantitative estimate of drug-likeness (QED) is 0.416. The van der Waals surface area contributed by atoms with Crippen molar-refractivity contribution < 1.29 is 9.47 Å². The lowest BCUT2D eigenvalue weighted by Gasteiger charge is -2.06. The molecular weight excluding hydrogens is 208 g/mol. The van der Waals surface area contributed by atoms with Gasteiger partial charge in [0, 0.05) is 25.8 Å². The lowest BCUT2D eigenvalue weighted by atomic mass is 10.3. The molecule has 0 amide bonds. The molecular formula is C10H16N4O2. The van der Waals surface area contributed by atoms with Gasteiger partial charge in [0.15, 0.2) is 0 Å². The topological polar surface area (TPSA) is 94.1 Å². The van der Waals surface area contributed by atoms with Crippen LogP contribution in [0.4, 0.5) is 0 Å². The van der Waals surface area contributed by atoms with E-state index in [1.165, 1.54) is 0 Å². The van der Waals surface area contributed by atoms with Crippen LogP contribution in [-0.4, -0.2) is 36.1 Å². The molecule has 88 valence electrons. The number of rotatable bonds is 6. The van der Waals surface area contributed by atoms with Crippen LogP contribution in [0.1, 0.15) is 17.8 Å². The summed E-state index contributed by atoms with van der Waals surface area (Å²) in [7, 11) is 1.64. The number of methoxy groups -OCH3 is 1. The Bertz CT molecular complexity index is 368. The molecule has 0 fully saturated rings. The Morgan fingerprint density at radius 1 is 1.44 bits per heavy atom. The van der Waals surface area contributed by atoms with E-state index in [4.69, 9.17) is 20.6 Å². The second-order valence-corrected chi connectivity index (χ2v) is 3.29. The van der Waals surface area contributed by atoms with Crippen molar-refractivity contribution >= 4 is 5.84 Å². The first-order valence-electron chi connectivity index (χ1n) is 4.95. The van der Waals surface area contributed by atoms with Gasteiger partial charge in [-0.1, -0.05) is 0 Å². The van der Waals surface area contributed by atoms with Crippen molar-refractivity contribution in [1.29, 1.82) is 5.41 Å². The molecule has 0 radical (unpaired) electrons. The fourth-order valence-corrected chi connectivity index (χ4v) is 1.11. The third-order valence-electron chi connectivity index (χ3n) is 1.83. The van der Waals surface area contributed by atoms with E-state index in [0.29, 0.717) is 18.9 Å². The minimum Gasteiger partial charge on any atom is -0.463 e. The number of nitrogens with zero attached hydrogens (tertiary/aromatic N) is 2. The highest BCUT2D eigenvalue weighted by molar-refractivity contribution is 5.93. The van der Waals surface area contributed by atoms with E-state index >= 15 is 0 Å². The first-order valence-corrected chi connectivity index (χ1v) is 4.95. The van der Waals surface area contributed by atoms with Crippen molar-refractivity contribution in [2.45, 2.75) is 13.3 Å². The van der Waals surface area contributed by atoms with E-state index in [1.54, 1.807) is 20.1 Å². The van der Waals surface area contributed by atoms with Gasteiger partial charge >= 0.3 is 6.01 Å². The van der Waals surface area contributed by atoms with Gasteiger partial charge in [0.1, 0.15) is 11.5 Å². The zero-order chi connectivity index (χ0) is 12.0. The lowest BCUT2D eigenvalue weighted by Crippen LogP contribution is -2.15. The number of nitrogen functional groups attached to an aromatic ring is 1. The normalized spacial score (nSPS) is 10.1. The molecule has 1 heterocycles. The van der Waals surface area contributed by atoms with Crippen molar-refractivity contribution in [2.75, 3.05) is 20.3 Å². The number of nitrogens with one attached hydrogen (secondary N) is 1. The van der Waals surface area contributed by atoms with E-state index in [2.05, 4.69) is 9.97 Å². The van der Waals surface area contributed by atoms with E-state index in [1.807, 2.05) is 0 Å². The summed E-state index contributed by atoms with van der Waals surface area (Å²) in [5.41, 5.74) is 6.45. The van der Waals surface area contributed by atoms with Gasteiger partial charge in [-0.05, 0) is 13.0 Å². The molecule has 0 aliphatic rings. The van der Waals surface area contributed by atoms with Gasteiger partial charge in [-0.3, -0.25) is 5.41 Å². The number of aryl methyl sites for hydroxylation is 1. The molecule has 1 rings (SSSR count). The van der Waals surface area contributed by atoms with E-state index in [-0.39, 0.29) is 11.8 Å². The monoisotopic (exact) mass is 224 g/mol. The molecule has 0 spiro atoms. The molecule has 3 N–H and O–H groups in total. The summed E-state index contributed by atoms with van der Waals surface area (Å²) >= 11 is 0. The van der Waals surface area contributed by atoms with Crippen molar-refractivity contribution in [2.24, 2.45) is 5.73 Å². The van der Waals surface area contributed by atoms with Crippen LogP contribution in [0.25, 0.3) is 0 Å². The number of aromatic nitrogens is 2. The van der Waals surface area contributed by atoms with Crippen molar-refractivity contribution in [3.05, 3.63) is 17.5 Å². The zero-order valence-corrected chi connectivity index (χ0v) is 9.49. The van der Waals surface area contributed by atoms with Gasteiger partial charge in [0.2, 0.25) is 0 Å². The Labute approximate surface area is 94.3 Å². The fourth-order valence-electron chi connectivity index (χ4n) is 1.11. The molecule has 6 heteroatoms. The maximum atomic E-state index is 7.28. The summed E-state index contributed by atoms with van der Waals surface area (Å²) in [5, 5.41) is 7.28. The average Bonchev–Trinajstić information content (AvgIpc) is 2.23. The van der Waals surface area contributed by atoms with Crippen LogP contribution >= 0.6 is 0 Å². The molecule has 0 saturated heterocycles. The Morgan fingerprint density at radius 2 is 2.19 bits per heavy atom. The fraction of sp³-hybridized carbons (Fsp3) is 0.500. The third-order valence-corrected chi connectivity index (χ3v) is 1.83. The Balaban J connectivity index is 2.62. The Hall–Kier alpha value is -1.69. The van der Waals surface area contributed by atoms with Crippen molar-refractivity contribution in [3.63, 3.8) is 0 Å². The van der Waals surface area contributed by atoms with Gasteiger partial charge < -0.3 is 15.2 Å². The highest BCUT2D eigenvalue weighted by atomic mass is 16.5. The van der Waals surface area contributed by atoms with Crippen LogP contribution in [0.5, 0.6) is 6.01 Å². The molecule has 1 aromatic heterocycles. The number of nitrogens with two attached hydrogens (primary N) is 1. The molecule has 0 bridgehead atoms. The highest BCUT2D eigenvalue weighted by Crippen LogP contribution is 2.06. The van der Waals surface area contributed by atoms with Crippen molar-refractivity contribution in [3.8, 4) is 6.01 Å². The highest BCUT2D eigenvalue weighted by Gasteiger charge is 2.05. The van der Waals surface area contributed by atoms with Gasteiger partial charge in [0.05, 0.1) is 6.61 Å². The maximum Gasteiger partial charge on any atom is 0.317 e. The van der Waals surface area contributed by atoms with Crippen molar-refractivity contribution in [1.82, 2.24) is 9.97 Å². The second-order valence-electron chi connectivity index (χ2n) is 3.29. The average molecular weight is 224 g/mol. The smallest absolute Gasteiger partial charge is 0.317 e. The Kier molecular flexibility index (Phi) is 4.65. The van der Waals surface area contributed by atoms with Crippen LogP contribution in [0.15, 0.2) is 6.07 Å². The van der Waals surface area contributed by atoms with Crippen LogP contribution in [0, 0.1) is 12.3 Å². The summed E-state index contributed by atoms with van der Waals surface area (Å²) in [6, 6.07) is 1.89. The Morgan fingerprint density at radius 3 is 2.81 bits per heavy atom. The van der Waals surface area contributed by atoms with Gasteiger partial charge in [-0.25, -0.2) is 4.98 Å². The van der Waals surface area contributed by atoms with Gasteiger partial charge in [-0.15, -0.1) is 0 Å². The first-order chi connectivity index (χ1) is 7.63.